The van der Waals surface area contributed by atoms with Crippen molar-refractivity contribution >= 4 is 46.0 Å². The average molecular weight is 534 g/mol. The lowest BCUT2D eigenvalue weighted by Crippen LogP contribution is -2.53. The summed E-state index contributed by atoms with van der Waals surface area (Å²) >= 11 is 6.65. The molecule has 0 saturated carbocycles. The van der Waals surface area contributed by atoms with Gasteiger partial charge in [0, 0.05) is 51.4 Å². The molecule has 0 aliphatic carbocycles. The fourth-order valence-electron chi connectivity index (χ4n) is 4.09. The van der Waals surface area contributed by atoms with Gasteiger partial charge in [-0.1, -0.05) is 29.9 Å². The number of aliphatic hydroxyl groups is 1. The minimum Gasteiger partial charge on any atom is -0.392 e. The molecular weight excluding hydrogens is 498 g/mol. The van der Waals surface area contributed by atoms with Gasteiger partial charge in [-0.2, -0.15) is 5.26 Å². The Balaban J connectivity index is 3.23. The molecule has 1 aliphatic heterocycles. The molecule has 1 rings (SSSR count). The van der Waals surface area contributed by atoms with Crippen molar-refractivity contribution < 1.29 is 19.5 Å². The molecule has 196 valence electrons. The molecule has 36 heavy (non-hydrogen) atoms. The van der Waals surface area contributed by atoms with E-state index in [0.29, 0.717) is 10.9 Å². The Morgan fingerprint density at radius 3 is 2.47 bits per heavy atom. The summed E-state index contributed by atoms with van der Waals surface area (Å²) in [5.74, 6) is 2.02. The number of hydrogen-bond acceptors (Lipinski definition) is 7. The van der Waals surface area contributed by atoms with Crippen LogP contribution in [0.1, 0.15) is 59.8 Å². The smallest absolute Gasteiger partial charge is 0.231 e. The number of carbonyl (C=O) groups is 3. The monoisotopic (exact) mass is 533 g/mol. The fraction of sp³-hybridized carbons (Fsp3) is 0.680. The van der Waals surface area contributed by atoms with Crippen molar-refractivity contribution in [3.8, 4) is 18.4 Å². The van der Waals surface area contributed by atoms with Crippen LogP contribution < -0.4 is 10.6 Å². The summed E-state index contributed by atoms with van der Waals surface area (Å²) in [5, 5.41) is 25.2. The quantitative estimate of drug-likeness (QED) is 0.188. The molecule has 4 atom stereocenters. The molecule has 0 radical (unpaired) electrons. The van der Waals surface area contributed by atoms with Crippen LogP contribution in [-0.4, -0.2) is 69.1 Å². The molecule has 3 N–H and O–H groups in total. The molecule has 0 spiro atoms. The molecule has 11 heteroatoms. The van der Waals surface area contributed by atoms with E-state index in [-0.39, 0.29) is 57.0 Å². The number of nitrogens with zero attached hydrogens (tertiary/aromatic N) is 3. The molecule has 4 unspecified atom stereocenters. The molecule has 9 nitrogen and oxygen atoms in total. The second-order valence-electron chi connectivity index (χ2n) is 9.76. The van der Waals surface area contributed by atoms with E-state index < -0.39 is 28.4 Å². The maximum atomic E-state index is 13.5. The SMILES string of the molecule is [C-]#[N+]C(C)(CCC(=O)NCC#C)CC(C)(C(=O)NCC(C)O)C(C)(C#N)CCC(=O)N1CCSC1=S. The number of amides is 3. The van der Waals surface area contributed by atoms with Crippen LogP contribution >= 0.6 is 24.0 Å². The van der Waals surface area contributed by atoms with Gasteiger partial charge in [-0.15, -0.1) is 6.42 Å². The number of terminal acetylenes is 1. The second-order valence-corrected chi connectivity index (χ2v) is 11.5. The molecule has 0 aromatic heterocycles. The van der Waals surface area contributed by atoms with E-state index in [1.807, 2.05) is 0 Å². The van der Waals surface area contributed by atoms with Crippen molar-refractivity contribution in [2.24, 2.45) is 10.8 Å². The number of thioether (sulfide) groups is 1. The number of carbonyl (C=O) groups excluding carboxylic acids is 3. The number of thiocarbonyl (C=S) groups is 1. The van der Waals surface area contributed by atoms with Crippen molar-refractivity contribution in [2.75, 3.05) is 25.4 Å². The highest BCUT2D eigenvalue weighted by molar-refractivity contribution is 8.23. The van der Waals surface area contributed by atoms with Crippen molar-refractivity contribution in [1.29, 1.82) is 5.26 Å². The molecule has 1 fully saturated rings. The third-order valence-electron chi connectivity index (χ3n) is 6.71. The predicted molar refractivity (Wildman–Crippen MR) is 143 cm³/mol. The molecular formula is C25H35N5O4S2. The first-order chi connectivity index (χ1) is 16.8. The van der Waals surface area contributed by atoms with E-state index in [2.05, 4.69) is 27.5 Å². The van der Waals surface area contributed by atoms with Crippen LogP contribution in [0.4, 0.5) is 0 Å². The summed E-state index contributed by atoms with van der Waals surface area (Å²) in [7, 11) is 0. The summed E-state index contributed by atoms with van der Waals surface area (Å²) in [6.07, 6.45) is 4.57. The Labute approximate surface area is 223 Å². The van der Waals surface area contributed by atoms with Gasteiger partial charge >= 0.3 is 0 Å². The van der Waals surface area contributed by atoms with Gasteiger partial charge in [0.1, 0.15) is 4.32 Å². The van der Waals surface area contributed by atoms with Gasteiger partial charge in [0.2, 0.25) is 23.3 Å². The standard InChI is InChI=1S/C25H35N5O4S2/c1-7-12-28-19(32)8-11-24(4,27-6)16-25(5,21(34)29-15-18(2)31)23(3,17-26)10-9-20(33)30-13-14-36-22(30)35/h1,18,31H,8-16H2,2-5H3,(H,28,32)(H,29,34). The zero-order valence-corrected chi connectivity index (χ0v) is 23.0. The Morgan fingerprint density at radius 2 is 1.97 bits per heavy atom. The summed E-state index contributed by atoms with van der Waals surface area (Å²) in [5.41, 5.74) is -3.90. The van der Waals surface area contributed by atoms with Crippen LogP contribution in [0, 0.1) is 41.1 Å². The maximum Gasteiger partial charge on any atom is 0.231 e. The predicted octanol–water partition coefficient (Wildman–Crippen LogP) is 2.26. The zero-order chi connectivity index (χ0) is 27.6. The number of aliphatic hydroxyl groups excluding tert-OH is 1. The lowest BCUT2D eigenvalue weighted by molar-refractivity contribution is -0.139. The first-order valence-corrected chi connectivity index (χ1v) is 13.1. The Bertz CT molecular complexity index is 982. The Morgan fingerprint density at radius 1 is 1.31 bits per heavy atom. The minimum atomic E-state index is -1.41. The molecule has 1 aliphatic rings. The molecule has 0 aromatic carbocycles. The van der Waals surface area contributed by atoms with Gasteiger partial charge in [0.15, 0.2) is 0 Å². The van der Waals surface area contributed by atoms with Gasteiger partial charge in [0.05, 0.1) is 29.5 Å². The Kier molecular flexibility index (Phi) is 11.9. The Hall–Kier alpha value is -2.65. The first-order valence-electron chi connectivity index (χ1n) is 11.7. The highest BCUT2D eigenvalue weighted by atomic mass is 32.2. The van der Waals surface area contributed by atoms with Crippen LogP contribution in [0.15, 0.2) is 0 Å². The highest BCUT2D eigenvalue weighted by Gasteiger charge is 2.56. The van der Waals surface area contributed by atoms with Crippen molar-refractivity contribution in [3.63, 3.8) is 0 Å². The molecule has 0 bridgehead atoms. The van der Waals surface area contributed by atoms with Gasteiger partial charge in [-0.25, -0.2) is 6.57 Å². The number of nitrogens with one attached hydrogen (secondary N) is 2. The lowest BCUT2D eigenvalue weighted by atomic mass is 9.58. The summed E-state index contributed by atoms with van der Waals surface area (Å²) in [4.78, 5) is 43.7. The summed E-state index contributed by atoms with van der Waals surface area (Å²) in [6.45, 7) is 14.8. The van der Waals surface area contributed by atoms with Crippen LogP contribution in [-0.2, 0) is 14.4 Å². The zero-order valence-electron chi connectivity index (χ0n) is 21.3. The van der Waals surface area contributed by atoms with E-state index in [1.165, 1.54) is 23.6 Å². The third-order valence-corrected chi connectivity index (χ3v) is 8.14. The van der Waals surface area contributed by atoms with E-state index >= 15 is 0 Å². The minimum absolute atomic E-state index is 0.00720. The molecule has 3 amide bonds. The average Bonchev–Trinajstić information content (AvgIpc) is 3.28. The van der Waals surface area contributed by atoms with Crippen molar-refractivity contribution in [3.05, 3.63) is 11.4 Å². The number of hydrogen-bond donors (Lipinski definition) is 3. The van der Waals surface area contributed by atoms with E-state index in [9.17, 15) is 24.8 Å². The van der Waals surface area contributed by atoms with Crippen LogP contribution in [0.3, 0.4) is 0 Å². The molecule has 1 saturated heterocycles. The van der Waals surface area contributed by atoms with Gasteiger partial charge in [-0.3, -0.25) is 19.3 Å². The second kappa shape index (κ2) is 13.6. The normalized spacial score (nSPS) is 18.8. The molecule has 1 heterocycles. The third kappa shape index (κ3) is 8.20. The number of rotatable bonds is 13. The van der Waals surface area contributed by atoms with Crippen molar-refractivity contribution in [1.82, 2.24) is 15.5 Å². The van der Waals surface area contributed by atoms with Crippen LogP contribution in [0.2, 0.25) is 0 Å². The summed E-state index contributed by atoms with van der Waals surface area (Å²) < 4.78 is 0.500. The van der Waals surface area contributed by atoms with E-state index in [1.54, 1.807) is 20.8 Å². The van der Waals surface area contributed by atoms with Gasteiger partial charge in [-0.05, 0) is 27.2 Å². The summed E-state index contributed by atoms with van der Waals surface area (Å²) in [6, 6.07) is 2.25. The van der Waals surface area contributed by atoms with E-state index in [0.717, 1.165) is 5.75 Å². The largest absolute Gasteiger partial charge is 0.392 e. The van der Waals surface area contributed by atoms with E-state index in [4.69, 9.17) is 25.2 Å². The lowest BCUT2D eigenvalue weighted by Gasteiger charge is -2.42. The molecule has 0 aromatic rings. The number of nitriles is 1. The highest BCUT2D eigenvalue weighted by Crippen LogP contribution is 2.49. The van der Waals surface area contributed by atoms with Gasteiger partial charge < -0.3 is 20.6 Å². The van der Waals surface area contributed by atoms with Gasteiger partial charge in [0.25, 0.3) is 0 Å². The maximum absolute atomic E-state index is 13.5. The fourth-order valence-corrected chi connectivity index (χ4v) is 5.34. The van der Waals surface area contributed by atoms with Crippen LogP contribution in [0.5, 0.6) is 0 Å². The van der Waals surface area contributed by atoms with Crippen molar-refractivity contribution in [2.45, 2.75) is 71.4 Å². The van der Waals surface area contributed by atoms with Crippen LogP contribution in [0.25, 0.3) is 4.85 Å². The first kappa shape index (κ1) is 31.4. The topological polar surface area (TPSA) is 127 Å².